The quantitative estimate of drug-likeness (QED) is 0.753. The van der Waals surface area contributed by atoms with Crippen molar-refractivity contribution in [3.8, 4) is 0 Å². The number of aliphatic carboxylic acids is 1. The van der Waals surface area contributed by atoms with Crippen LogP contribution in [0.25, 0.3) is 10.9 Å². The number of H-pyrrole nitrogens is 1. The van der Waals surface area contributed by atoms with Crippen LogP contribution in [0.4, 0.5) is 0 Å². The Morgan fingerprint density at radius 1 is 1.21 bits per heavy atom. The highest BCUT2D eigenvalue weighted by molar-refractivity contribution is 6.35. The summed E-state index contributed by atoms with van der Waals surface area (Å²) in [5, 5.41) is 11.2. The van der Waals surface area contributed by atoms with E-state index in [2.05, 4.69) is 4.98 Å². The first-order chi connectivity index (χ1) is 11.6. The molecule has 1 aliphatic heterocycles. The molecule has 4 nitrogen and oxygen atoms in total. The Balaban J connectivity index is 2.02. The number of aromatic amines is 1. The molecule has 1 aliphatic rings. The van der Waals surface area contributed by atoms with E-state index in [9.17, 15) is 9.90 Å². The van der Waals surface area contributed by atoms with Gasteiger partial charge in [-0.3, -0.25) is 4.79 Å². The molecule has 0 saturated heterocycles. The fourth-order valence-electron chi connectivity index (χ4n) is 3.63. The first kappa shape index (κ1) is 15.2. The zero-order valence-corrected chi connectivity index (χ0v) is 13.6. The topological polar surface area (TPSA) is 62.3 Å². The molecule has 0 fully saturated rings. The maximum absolute atomic E-state index is 11.6. The monoisotopic (exact) mass is 341 g/mol. The number of para-hydroxylation sites is 1. The average molecular weight is 342 g/mol. The van der Waals surface area contributed by atoms with Crippen LogP contribution in [-0.4, -0.2) is 22.7 Å². The van der Waals surface area contributed by atoms with Gasteiger partial charge in [0.25, 0.3) is 0 Å². The molecule has 2 N–H and O–H groups in total. The zero-order valence-electron chi connectivity index (χ0n) is 12.9. The van der Waals surface area contributed by atoms with Crippen molar-refractivity contribution in [1.82, 2.24) is 4.98 Å². The number of carbonyl (C=O) groups is 1. The van der Waals surface area contributed by atoms with Crippen molar-refractivity contribution < 1.29 is 14.6 Å². The second-order valence-corrected chi connectivity index (χ2v) is 6.41. The van der Waals surface area contributed by atoms with E-state index in [-0.39, 0.29) is 6.42 Å². The van der Waals surface area contributed by atoms with E-state index < -0.39 is 11.6 Å². The van der Waals surface area contributed by atoms with E-state index in [1.165, 1.54) is 0 Å². The van der Waals surface area contributed by atoms with Gasteiger partial charge in [0, 0.05) is 5.39 Å². The minimum absolute atomic E-state index is 0.144. The normalized spacial score (nSPS) is 20.0. The third-order valence-electron chi connectivity index (χ3n) is 4.64. The fraction of sp³-hybridized carbons (Fsp3) is 0.211. The Hall–Kier alpha value is -2.30. The Labute approximate surface area is 144 Å². The van der Waals surface area contributed by atoms with Crippen LogP contribution in [0, 0.1) is 0 Å². The first-order valence-electron chi connectivity index (χ1n) is 7.82. The van der Waals surface area contributed by atoms with E-state index >= 15 is 0 Å². The molecule has 1 unspecified atom stereocenters. The second-order valence-electron chi connectivity index (χ2n) is 6.00. The van der Waals surface area contributed by atoms with Gasteiger partial charge in [0.1, 0.15) is 5.60 Å². The van der Waals surface area contributed by atoms with Crippen molar-refractivity contribution in [3.05, 3.63) is 70.4 Å². The molecule has 0 spiro atoms. The lowest BCUT2D eigenvalue weighted by Gasteiger charge is -2.36. The number of benzene rings is 2. The summed E-state index contributed by atoms with van der Waals surface area (Å²) in [5.41, 5.74) is 2.52. The molecule has 24 heavy (non-hydrogen) atoms. The minimum Gasteiger partial charge on any atom is -0.481 e. The van der Waals surface area contributed by atoms with Crippen molar-refractivity contribution in [2.45, 2.75) is 18.4 Å². The Morgan fingerprint density at radius 2 is 2.00 bits per heavy atom. The summed E-state index contributed by atoms with van der Waals surface area (Å²) >= 11 is 6.33. The van der Waals surface area contributed by atoms with Crippen LogP contribution in [-0.2, 0) is 21.6 Å². The number of halogens is 1. The van der Waals surface area contributed by atoms with Crippen LogP contribution in [0.5, 0.6) is 0 Å². The molecule has 5 heteroatoms. The molecule has 0 amide bonds. The van der Waals surface area contributed by atoms with Crippen LogP contribution < -0.4 is 0 Å². The Morgan fingerprint density at radius 3 is 2.75 bits per heavy atom. The molecule has 2 heterocycles. The number of fused-ring (bicyclic) bond motifs is 3. The van der Waals surface area contributed by atoms with E-state index in [0.717, 1.165) is 34.1 Å². The summed E-state index contributed by atoms with van der Waals surface area (Å²) in [6.07, 6.45) is 0.582. The number of carboxylic acid groups (broad SMARTS) is 1. The lowest BCUT2D eigenvalue weighted by atomic mass is 9.82. The van der Waals surface area contributed by atoms with Crippen LogP contribution in [0.2, 0.25) is 5.02 Å². The Kier molecular flexibility index (Phi) is 3.59. The third-order valence-corrected chi connectivity index (χ3v) is 4.95. The van der Waals surface area contributed by atoms with Gasteiger partial charge in [-0.1, -0.05) is 54.1 Å². The minimum atomic E-state index is -1.02. The lowest BCUT2D eigenvalue weighted by Crippen LogP contribution is -2.39. The maximum Gasteiger partial charge on any atom is 0.307 e. The molecular formula is C19H16ClNO3. The largest absolute Gasteiger partial charge is 0.481 e. The third kappa shape index (κ3) is 2.22. The predicted molar refractivity (Wildman–Crippen MR) is 92.4 cm³/mol. The molecule has 122 valence electrons. The molecule has 0 radical (unpaired) electrons. The van der Waals surface area contributed by atoms with E-state index in [0.29, 0.717) is 11.6 Å². The van der Waals surface area contributed by atoms with Crippen LogP contribution in [0.1, 0.15) is 23.2 Å². The van der Waals surface area contributed by atoms with E-state index in [1.807, 2.05) is 48.5 Å². The number of hydrogen-bond acceptors (Lipinski definition) is 2. The van der Waals surface area contributed by atoms with Gasteiger partial charge in [0.15, 0.2) is 0 Å². The second kappa shape index (κ2) is 5.65. The van der Waals surface area contributed by atoms with Gasteiger partial charge in [-0.25, -0.2) is 0 Å². The van der Waals surface area contributed by atoms with Gasteiger partial charge in [-0.15, -0.1) is 0 Å². The van der Waals surface area contributed by atoms with Crippen molar-refractivity contribution in [2.75, 3.05) is 6.61 Å². The van der Waals surface area contributed by atoms with Crippen molar-refractivity contribution in [1.29, 1.82) is 0 Å². The van der Waals surface area contributed by atoms with Crippen LogP contribution in [0.3, 0.4) is 0 Å². The molecular weight excluding hydrogens is 326 g/mol. The summed E-state index contributed by atoms with van der Waals surface area (Å²) in [7, 11) is 0. The highest BCUT2D eigenvalue weighted by atomic mass is 35.5. The van der Waals surface area contributed by atoms with Crippen molar-refractivity contribution >= 4 is 28.5 Å². The number of ether oxygens (including phenoxy) is 1. The summed E-state index contributed by atoms with van der Waals surface area (Å²) in [6.45, 7) is 0.467. The maximum atomic E-state index is 11.6. The molecule has 4 rings (SSSR count). The number of nitrogens with one attached hydrogen (secondary N) is 1. The summed E-state index contributed by atoms with van der Waals surface area (Å²) in [5.74, 6) is -0.906. The van der Waals surface area contributed by atoms with Gasteiger partial charge >= 0.3 is 5.97 Å². The lowest BCUT2D eigenvalue weighted by molar-refractivity contribution is -0.144. The number of aromatic nitrogens is 1. The van der Waals surface area contributed by atoms with Gasteiger partial charge in [-0.2, -0.15) is 0 Å². The average Bonchev–Trinajstić information content (AvgIpc) is 2.97. The molecule has 3 aromatic rings. The molecule has 0 saturated carbocycles. The van der Waals surface area contributed by atoms with Crippen molar-refractivity contribution in [2.24, 2.45) is 0 Å². The molecule has 2 aromatic carbocycles. The van der Waals surface area contributed by atoms with Gasteiger partial charge in [-0.05, 0) is 23.6 Å². The predicted octanol–water partition coefficient (Wildman–Crippen LogP) is 4.11. The van der Waals surface area contributed by atoms with Gasteiger partial charge in [0.05, 0.1) is 29.3 Å². The summed E-state index contributed by atoms with van der Waals surface area (Å²) < 4.78 is 6.10. The van der Waals surface area contributed by atoms with Crippen molar-refractivity contribution in [3.63, 3.8) is 0 Å². The molecule has 0 aliphatic carbocycles. The molecule has 1 aromatic heterocycles. The highest BCUT2D eigenvalue weighted by Crippen LogP contribution is 2.44. The zero-order chi connectivity index (χ0) is 16.7. The fourth-order valence-corrected chi connectivity index (χ4v) is 3.85. The SMILES string of the molecule is O=C(O)CC1(c2ccccc2)OCCc2c1[nH]c1c(Cl)cccc21. The van der Waals surface area contributed by atoms with Crippen LogP contribution in [0.15, 0.2) is 48.5 Å². The van der Waals surface area contributed by atoms with Gasteiger partial charge in [0.2, 0.25) is 0 Å². The van der Waals surface area contributed by atoms with Gasteiger partial charge < -0.3 is 14.8 Å². The first-order valence-corrected chi connectivity index (χ1v) is 8.20. The highest BCUT2D eigenvalue weighted by Gasteiger charge is 2.43. The molecule has 0 bridgehead atoms. The number of carboxylic acids is 1. The number of rotatable bonds is 3. The summed E-state index contributed by atoms with van der Waals surface area (Å²) in [4.78, 5) is 15.0. The molecule has 1 atom stereocenters. The number of hydrogen-bond donors (Lipinski definition) is 2. The smallest absolute Gasteiger partial charge is 0.307 e. The Bertz CT molecular complexity index is 919. The van der Waals surface area contributed by atoms with E-state index in [1.54, 1.807) is 0 Å². The standard InChI is InChI=1S/C19H16ClNO3/c20-15-8-4-7-13-14-9-10-24-19(11-16(22)23,18(14)21-17(13)15)12-5-2-1-3-6-12/h1-8,21H,9-11H2,(H,22,23). The summed E-state index contributed by atoms with van der Waals surface area (Å²) in [6, 6.07) is 15.3. The van der Waals surface area contributed by atoms with E-state index in [4.69, 9.17) is 16.3 Å². The van der Waals surface area contributed by atoms with Crippen LogP contribution >= 0.6 is 11.6 Å².